The van der Waals surface area contributed by atoms with Gasteiger partial charge in [0.1, 0.15) is 0 Å². The van der Waals surface area contributed by atoms with Crippen LogP contribution < -0.4 is 0 Å². The lowest BCUT2D eigenvalue weighted by Gasteiger charge is -1.98. The molecule has 0 N–H and O–H groups in total. The van der Waals surface area contributed by atoms with Crippen LogP contribution in [0.2, 0.25) is 0 Å². The van der Waals surface area contributed by atoms with E-state index in [0.717, 1.165) is 5.69 Å². The molecule has 1 aromatic rings. The minimum Gasteiger partial charge on any atom is -0.262 e. The summed E-state index contributed by atoms with van der Waals surface area (Å²) < 4.78 is 0. The molecule has 50 valence electrons. The van der Waals surface area contributed by atoms with Gasteiger partial charge in [0.05, 0.1) is 11.9 Å². The highest BCUT2D eigenvalue weighted by Gasteiger charge is 2.12. The van der Waals surface area contributed by atoms with Crippen molar-refractivity contribution in [1.82, 2.24) is 4.98 Å². The fraction of sp³-hybridized carbons (Fsp3) is 0.250. The van der Waals surface area contributed by atoms with Gasteiger partial charge < -0.3 is 0 Å². The monoisotopic (exact) mass is 132 g/mol. The predicted octanol–water partition coefficient (Wildman–Crippen LogP) is 1.90. The van der Waals surface area contributed by atoms with Crippen LogP contribution in [0.25, 0.3) is 0 Å². The van der Waals surface area contributed by atoms with Gasteiger partial charge in [-0.1, -0.05) is 6.92 Å². The van der Waals surface area contributed by atoms with Crippen LogP contribution in [0, 0.1) is 0 Å². The first-order valence-corrected chi connectivity index (χ1v) is 3.36. The first-order chi connectivity index (χ1) is 4.88. The average Bonchev–Trinajstić information content (AvgIpc) is 2.34. The molecule has 1 aliphatic heterocycles. The average molecular weight is 132 g/mol. The molecule has 2 heteroatoms. The van der Waals surface area contributed by atoms with Crippen LogP contribution in [0.1, 0.15) is 18.4 Å². The summed E-state index contributed by atoms with van der Waals surface area (Å²) in [5.41, 5.74) is 2.31. The van der Waals surface area contributed by atoms with Crippen LogP contribution in [0.4, 0.5) is 5.69 Å². The molecule has 0 radical (unpaired) electrons. The van der Waals surface area contributed by atoms with E-state index >= 15 is 0 Å². The SMILES string of the molecule is CC1C=Nc2cnccc21. The van der Waals surface area contributed by atoms with Gasteiger partial charge in [0.25, 0.3) is 0 Å². The Morgan fingerprint density at radius 1 is 1.50 bits per heavy atom. The first kappa shape index (κ1) is 5.59. The molecular weight excluding hydrogens is 124 g/mol. The van der Waals surface area contributed by atoms with E-state index in [0.29, 0.717) is 5.92 Å². The Morgan fingerprint density at radius 3 is 3.20 bits per heavy atom. The van der Waals surface area contributed by atoms with Gasteiger partial charge >= 0.3 is 0 Å². The number of rotatable bonds is 0. The van der Waals surface area contributed by atoms with Crippen LogP contribution in [-0.2, 0) is 0 Å². The molecule has 1 atom stereocenters. The van der Waals surface area contributed by atoms with Crippen molar-refractivity contribution in [2.45, 2.75) is 12.8 Å². The van der Waals surface area contributed by atoms with Gasteiger partial charge in [0.2, 0.25) is 0 Å². The summed E-state index contributed by atoms with van der Waals surface area (Å²) in [7, 11) is 0. The number of fused-ring (bicyclic) bond motifs is 1. The molecule has 1 aromatic heterocycles. The van der Waals surface area contributed by atoms with E-state index < -0.39 is 0 Å². The lowest BCUT2D eigenvalue weighted by Crippen LogP contribution is -1.87. The molecule has 0 amide bonds. The summed E-state index contributed by atoms with van der Waals surface area (Å²) in [5.74, 6) is 0.470. The third kappa shape index (κ3) is 0.652. The second-order valence-corrected chi connectivity index (χ2v) is 2.50. The Morgan fingerprint density at radius 2 is 2.40 bits per heavy atom. The van der Waals surface area contributed by atoms with Gasteiger partial charge in [-0.05, 0) is 11.6 Å². The van der Waals surface area contributed by atoms with Crippen LogP contribution >= 0.6 is 0 Å². The molecule has 1 aliphatic rings. The molecule has 0 bridgehead atoms. The summed E-state index contributed by atoms with van der Waals surface area (Å²) in [4.78, 5) is 8.17. The fourth-order valence-electron chi connectivity index (χ4n) is 1.16. The van der Waals surface area contributed by atoms with Crippen LogP contribution in [0.15, 0.2) is 23.5 Å². The van der Waals surface area contributed by atoms with Crippen molar-refractivity contribution in [3.8, 4) is 0 Å². The van der Waals surface area contributed by atoms with E-state index in [9.17, 15) is 0 Å². The molecule has 2 rings (SSSR count). The van der Waals surface area contributed by atoms with E-state index in [-0.39, 0.29) is 0 Å². The smallest absolute Gasteiger partial charge is 0.0847 e. The summed E-state index contributed by atoms with van der Waals surface area (Å²) in [5, 5.41) is 0. The molecular formula is C8H8N2. The van der Waals surface area contributed by atoms with Crippen molar-refractivity contribution in [2.75, 3.05) is 0 Å². The van der Waals surface area contributed by atoms with E-state index in [1.807, 2.05) is 18.5 Å². The highest BCUT2D eigenvalue weighted by atomic mass is 14.8. The number of hydrogen-bond donors (Lipinski definition) is 0. The van der Waals surface area contributed by atoms with Crippen molar-refractivity contribution < 1.29 is 0 Å². The maximum absolute atomic E-state index is 4.19. The second kappa shape index (κ2) is 1.90. The molecule has 2 nitrogen and oxygen atoms in total. The quantitative estimate of drug-likeness (QED) is 0.529. The summed E-state index contributed by atoms with van der Waals surface area (Å²) in [6.07, 6.45) is 5.56. The molecule has 10 heavy (non-hydrogen) atoms. The number of pyridine rings is 1. The number of nitrogens with zero attached hydrogens (tertiary/aromatic N) is 2. The van der Waals surface area contributed by atoms with Crippen LogP contribution in [0.3, 0.4) is 0 Å². The molecule has 0 spiro atoms. The lowest BCUT2D eigenvalue weighted by atomic mass is 10.1. The normalized spacial score (nSPS) is 21.1. The highest BCUT2D eigenvalue weighted by molar-refractivity contribution is 5.79. The van der Waals surface area contributed by atoms with Gasteiger partial charge in [-0.2, -0.15) is 0 Å². The largest absolute Gasteiger partial charge is 0.262 e. The van der Waals surface area contributed by atoms with Gasteiger partial charge in [0.15, 0.2) is 0 Å². The summed E-state index contributed by atoms with van der Waals surface area (Å²) in [6, 6.07) is 2.02. The van der Waals surface area contributed by atoms with Crippen molar-refractivity contribution in [3.63, 3.8) is 0 Å². The van der Waals surface area contributed by atoms with Crippen molar-refractivity contribution >= 4 is 11.9 Å². The topological polar surface area (TPSA) is 25.2 Å². The Hall–Kier alpha value is -1.18. The zero-order chi connectivity index (χ0) is 6.97. The minimum atomic E-state index is 0.470. The van der Waals surface area contributed by atoms with Crippen LogP contribution in [-0.4, -0.2) is 11.2 Å². The number of aliphatic imine (C=N–C) groups is 1. The van der Waals surface area contributed by atoms with E-state index in [2.05, 4.69) is 16.9 Å². The Labute approximate surface area is 59.6 Å². The van der Waals surface area contributed by atoms with E-state index in [1.165, 1.54) is 5.56 Å². The summed E-state index contributed by atoms with van der Waals surface area (Å²) >= 11 is 0. The number of aromatic nitrogens is 1. The summed E-state index contributed by atoms with van der Waals surface area (Å²) in [6.45, 7) is 2.13. The highest BCUT2D eigenvalue weighted by Crippen LogP contribution is 2.29. The second-order valence-electron chi connectivity index (χ2n) is 2.50. The molecule has 2 heterocycles. The predicted molar refractivity (Wildman–Crippen MR) is 40.8 cm³/mol. The fourth-order valence-corrected chi connectivity index (χ4v) is 1.16. The molecule has 0 saturated carbocycles. The third-order valence-electron chi connectivity index (χ3n) is 1.76. The zero-order valence-electron chi connectivity index (χ0n) is 5.78. The third-order valence-corrected chi connectivity index (χ3v) is 1.76. The minimum absolute atomic E-state index is 0.470. The Kier molecular flexibility index (Phi) is 1.07. The maximum atomic E-state index is 4.19. The molecule has 0 saturated heterocycles. The molecule has 1 unspecified atom stereocenters. The van der Waals surface area contributed by atoms with Crippen molar-refractivity contribution in [1.29, 1.82) is 0 Å². The van der Waals surface area contributed by atoms with Crippen molar-refractivity contribution in [2.24, 2.45) is 4.99 Å². The van der Waals surface area contributed by atoms with Gasteiger partial charge in [0, 0.05) is 18.3 Å². The zero-order valence-corrected chi connectivity index (χ0v) is 5.78. The molecule has 0 fully saturated rings. The lowest BCUT2D eigenvalue weighted by molar-refractivity contribution is 1.07. The van der Waals surface area contributed by atoms with Gasteiger partial charge in [-0.3, -0.25) is 9.98 Å². The van der Waals surface area contributed by atoms with Crippen molar-refractivity contribution in [3.05, 3.63) is 24.0 Å². The van der Waals surface area contributed by atoms with Gasteiger partial charge in [-0.25, -0.2) is 0 Å². The standard InChI is InChI=1S/C8H8N2/c1-6-4-10-8-5-9-3-2-7(6)8/h2-6H,1H3. The molecule has 0 aliphatic carbocycles. The molecule has 0 aromatic carbocycles. The number of hydrogen-bond acceptors (Lipinski definition) is 2. The van der Waals surface area contributed by atoms with Crippen LogP contribution in [0.5, 0.6) is 0 Å². The Bertz CT molecular complexity index is 278. The van der Waals surface area contributed by atoms with E-state index in [4.69, 9.17) is 0 Å². The van der Waals surface area contributed by atoms with E-state index in [1.54, 1.807) is 6.20 Å². The van der Waals surface area contributed by atoms with Gasteiger partial charge in [-0.15, -0.1) is 0 Å². The maximum Gasteiger partial charge on any atom is 0.0847 e. The Balaban J connectivity index is 2.59. The first-order valence-electron chi connectivity index (χ1n) is 3.36.